The maximum absolute atomic E-state index is 13.1. The summed E-state index contributed by atoms with van der Waals surface area (Å²) < 4.78 is 34.7. The number of esters is 1. The van der Waals surface area contributed by atoms with Crippen molar-refractivity contribution in [3.8, 4) is 0 Å². The van der Waals surface area contributed by atoms with Gasteiger partial charge in [0.05, 0.1) is 27.9 Å². The predicted octanol–water partition coefficient (Wildman–Crippen LogP) is 4.60. The molecule has 0 saturated carbocycles. The van der Waals surface area contributed by atoms with Crippen molar-refractivity contribution in [2.24, 2.45) is 4.99 Å². The largest absolute Gasteiger partial charge is 0.468 e. The summed E-state index contributed by atoms with van der Waals surface area (Å²) in [5.41, 5.74) is 1.50. The number of hydrogen-bond donors (Lipinski definition) is 0. The molecule has 0 radical (unpaired) electrons. The highest BCUT2D eigenvalue weighted by atomic mass is 32.2. The number of thiazole rings is 1. The summed E-state index contributed by atoms with van der Waals surface area (Å²) in [6.45, 7) is -0.107. The van der Waals surface area contributed by atoms with Crippen molar-refractivity contribution >= 4 is 59.9 Å². The molecule has 0 aliphatic heterocycles. The molecule has 5 aromatic rings. The van der Waals surface area contributed by atoms with Gasteiger partial charge in [-0.1, -0.05) is 59.9 Å². The van der Waals surface area contributed by atoms with E-state index in [1.54, 1.807) is 28.8 Å². The molecule has 0 bridgehead atoms. The molecular formula is C28H23N3O5S2. The zero-order chi connectivity index (χ0) is 26.9. The Morgan fingerprint density at radius 3 is 2.32 bits per heavy atom. The number of benzene rings is 4. The van der Waals surface area contributed by atoms with Crippen LogP contribution in [0.1, 0.15) is 10.4 Å². The van der Waals surface area contributed by atoms with E-state index >= 15 is 0 Å². The van der Waals surface area contributed by atoms with Gasteiger partial charge in [-0.25, -0.2) is 8.42 Å². The van der Waals surface area contributed by atoms with E-state index in [0.29, 0.717) is 10.5 Å². The predicted molar refractivity (Wildman–Crippen MR) is 148 cm³/mol. The van der Waals surface area contributed by atoms with Crippen LogP contribution >= 0.6 is 11.3 Å². The van der Waals surface area contributed by atoms with Crippen LogP contribution in [0.2, 0.25) is 0 Å². The number of methoxy groups -OCH3 is 1. The lowest BCUT2D eigenvalue weighted by Gasteiger charge is -2.19. The Kier molecular flexibility index (Phi) is 6.83. The molecule has 1 heterocycles. The lowest BCUT2D eigenvalue weighted by atomic mass is 10.1. The van der Waals surface area contributed by atoms with Gasteiger partial charge >= 0.3 is 5.97 Å². The third-order valence-electron chi connectivity index (χ3n) is 6.17. The van der Waals surface area contributed by atoms with Crippen molar-refractivity contribution in [3.05, 3.63) is 101 Å². The molecule has 192 valence electrons. The van der Waals surface area contributed by atoms with Crippen LogP contribution in [0.25, 0.3) is 21.0 Å². The van der Waals surface area contributed by atoms with E-state index in [0.717, 1.165) is 21.0 Å². The lowest BCUT2D eigenvalue weighted by molar-refractivity contribution is -0.141. The summed E-state index contributed by atoms with van der Waals surface area (Å²) in [4.78, 5) is 30.0. The fraction of sp³-hybridized carbons (Fsp3) is 0.107. The number of rotatable bonds is 6. The zero-order valence-corrected chi connectivity index (χ0v) is 22.2. The van der Waals surface area contributed by atoms with Crippen LogP contribution < -0.4 is 9.11 Å². The third kappa shape index (κ3) is 4.71. The second-order valence-corrected chi connectivity index (χ2v) is 11.4. The van der Waals surface area contributed by atoms with Crippen LogP contribution in [0.4, 0.5) is 5.69 Å². The number of aromatic nitrogens is 1. The summed E-state index contributed by atoms with van der Waals surface area (Å²) in [6.07, 6.45) is 0. The normalized spacial score (nSPS) is 12.1. The van der Waals surface area contributed by atoms with Gasteiger partial charge in [0.25, 0.3) is 15.9 Å². The number of nitrogens with zero attached hydrogens (tertiary/aromatic N) is 3. The van der Waals surface area contributed by atoms with Gasteiger partial charge < -0.3 is 9.30 Å². The molecule has 0 aliphatic rings. The highest BCUT2D eigenvalue weighted by Gasteiger charge is 2.22. The zero-order valence-electron chi connectivity index (χ0n) is 20.6. The van der Waals surface area contributed by atoms with Gasteiger partial charge in [0.1, 0.15) is 6.54 Å². The molecule has 1 amide bonds. The van der Waals surface area contributed by atoms with E-state index in [9.17, 15) is 18.0 Å². The SMILES string of the molecule is COC(=O)Cn1c(=NC(=O)c2ccc(S(=O)(=O)N(C)c3ccccc3)cc2)sc2c3ccccc3ccc21. The van der Waals surface area contributed by atoms with Crippen LogP contribution in [-0.2, 0) is 26.1 Å². The summed E-state index contributed by atoms with van der Waals surface area (Å²) >= 11 is 1.30. The van der Waals surface area contributed by atoms with Crippen LogP contribution in [0.15, 0.2) is 101 Å². The maximum Gasteiger partial charge on any atom is 0.325 e. The second kappa shape index (κ2) is 10.2. The number of ether oxygens (including phenoxy) is 1. The first-order valence-electron chi connectivity index (χ1n) is 11.6. The Labute approximate surface area is 223 Å². The second-order valence-electron chi connectivity index (χ2n) is 8.43. The van der Waals surface area contributed by atoms with Gasteiger partial charge in [-0.15, -0.1) is 0 Å². The highest BCUT2D eigenvalue weighted by molar-refractivity contribution is 7.92. The fourth-order valence-electron chi connectivity index (χ4n) is 4.09. The Bertz CT molecular complexity index is 1840. The minimum atomic E-state index is -3.82. The molecule has 38 heavy (non-hydrogen) atoms. The average molecular weight is 546 g/mol. The van der Waals surface area contributed by atoms with Gasteiger partial charge in [0.2, 0.25) is 0 Å². The molecule has 0 spiro atoms. The monoisotopic (exact) mass is 545 g/mol. The fourth-order valence-corrected chi connectivity index (χ4v) is 6.44. The van der Waals surface area contributed by atoms with Crippen molar-refractivity contribution in [1.82, 2.24) is 4.57 Å². The molecule has 0 saturated heterocycles. The number of amides is 1. The van der Waals surface area contributed by atoms with E-state index < -0.39 is 21.9 Å². The summed E-state index contributed by atoms with van der Waals surface area (Å²) in [5, 5.41) is 2.02. The first kappa shape index (κ1) is 25.4. The number of hydrogen-bond acceptors (Lipinski definition) is 6. The van der Waals surface area contributed by atoms with Gasteiger partial charge in [-0.3, -0.25) is 13.9 Å². The van der Waals surface area contributed by atoms with Gasteiger partial charge in [0.15, 0.2) is 4.80 Å². The number of fused-ring (bicyclic) bond motifs is 3. The molecule has 1 aromatic heterocycles. The third-order valence-corrected chi connectivity index (χ3v) is 9.09. The van der Waals surface area contributed by atoms with E-state index in [1.165, 1.54) is 54.1 Å². The molecule has 0 atom stereocenters. The van der Waals surface area contributed by atoms with Crippen LogP contribution in [0, 0.1) is 0 Å². The molecular weight excluding hydrogens is 522 g/mol. The molecule has 0 fully saturated rings. The Morgan fingerprint density at radius 1 is 0.921 bits per heavy atom. The van der Waals surface area contributed by atoms with E-state index in [4.69, 9.17) is 4.74 Å². The van der Waals surface area contributed by atoms with E-state index in [-0.39, 0.29) is 17.0 Å². The maximum atomic E-state index is 13.1. The standard InChI is InChI=1S/C28H23N3O5S2/c1-30(21-9-4-3-5-10-21)38(34,35)22-15-12-20(13-16-22)27(33)29-28-31(18-25(32)36-2)24-17-14-19-8-6-7-11-23(19)26(24)37-28/h3-17H,18H2,1-2H3. The number of carbonyl (C=O) groups is 2. The highest BCUT2D eigenvalue weighted by Crippen LogP contribution is 2.28. The number of carbonyl (C=O) groups excluding carboxylic acids is 2. The summed E-state index contributed by atoms with van der Waals surface area (Å²) in [7, 11) is -1.03. The van der Waals surface area contributed by atoms with Crippen LogP contribution in [-0.4, -0.2) is 39.0 Å². The first-order chi connectivity index (χ1) is 18.3. The first-order valence-corrected chi connectivity index (χ1v) is 13.9. The van der Waals surface area contributed by atoms with Gasteiger partial charge in [-0.05, 0) is 47.9 Å². The Morgan fingerprint density at radius 2 is 1.61 bits per heavy atom. The number of sulfonamides is 1. The minimum Gasteiger partial charge on any atom is -0.468 e. The summed E-state index contributed by atoms with van der Waals surface area (Å²) in [6, 6.07) is 26.1. The molecule has 5 rings (SSSR count). The summed E-state index contributed by atoms with van der Waals surface area (Å²) in [5.74, 6) is -1.02. The molecule has 0 aliphatic carbocycles. The van der Waals surface area contributed by atoms with Gasteiger partial charge in [0, 0.05) is 18.0 Å². The molecule has 4 aromatic carbocycles. The molecule has 0 N–H and O–H groups in total. The Hall–Kier alpha value is -4.28. The molecule has 10 heteroatoms. The van der Waals surface area contributed by atoms with Crippen LogP contribution in [0.3, 0.4) is 0 Å². The lowest BCUT2D eigenvalue weighted by Crippen LogP contribution is -2.26. The van der Waals surface area contributed by atoms with Crippen LogP contribution in [0.5, 0.6) is 0 Å². The van der Waals surface area contributed by atoms with Crippen molar-refractivity contribution in [1.29, 1.82) is 0 Å². The number of anilines is 1. The van der Waals surface area contributed by atoms with E-state index in [1.807, 2.05) is 42.5 Å². The van der Waals surface area contributed by atoms with Crippen molar-refractivity contribution < 1.29 is 22.7 Å². The van der Waals surface area contributed by atoms with Gasteiger partial charge in [-0.2, -0.15) is 4.99 Å². The topological polar surface area (TPSA) is 98.0 Å². The number of para-hydroxylation sites is 1. The van der Waals surface area contributed by atoms with E-state index in [2.05, 4.69) is 4.99 Å². The van der Waals surface area contributed by atoms with Crippen molar-refractivity contribution in [3.63, 3.8) is 0 Å². The van der Waals surface area contributed by atoms with Crippen molar-refractivity contribution in [2.75, 3.05) is 18.5 Å². The smallest absolute Gasteiger partial charge is 0.325 e. The Balaban J connectivity index is 1.53. The minimum absolute atomic E-state index is 0.0505. The quantitative estimate of drug-likeness (QED) is 0.291. The van der Waals surface area contributed by atoms with Crippen molar-refractivity contribution in [2.45, 2.75) is 11.4 Å². The molecule has 0 unspecified atom stereocenters. The molecule has 8 nitrogen and oxygen atoms in total. The average Bonchev–Trinajstić information content (AvgIpc) is 3.29.